The van der Waals surface area contributed by atoms with E-state index in [1.54, 1.807) is 6.07 Å². The topological polar surface area (TPSA) is 72.9 Å². The molecule has 3 rings (SSSR count). The van der Waals surface area contributed by atoms with Gasteiger partial charge in [0.2, 0.25) is 0 Å². The van der Waals surface area contributed by atoms with Crippen molar-refractivity contribution in [3.8, 4) is 0 Å². The highest BCUT2D eigenvalue weighted by Crippen LogP contribution is 2.30. The molecule has 3 aromatic heterocycles. The number of thiophene rings is 1. The van der Waals surface area contributed by atoms with Crippen LogP contribution in [0.25, 0.3) is 10.2 Å². The number of aliphatic hydroxyl groups is 1. The van der Waals surface area contributed by atoms with Crippen LogP contribution in [0.1, 0.15) is 22.0 Å². The Morgan fingerprint density at radius 1 is 1.38 bits per heavy atom. The van der Waals surface area contributed by atoms with Crippen LogP contribution in [-0.2, 0) is 26.4 Å². The molecule has 6 nitrogen and oxygen atoms in total. The molecule has 128 valence electrons. The minimum absolute atomic E-state index is 0.109. The number of fused-ring (bicyclic) bond motifs is 1. The molecule has 0 radical (unpaired) electrons. The number of hydrogen-bond acceptors (Lipinski definition) is 5. The molecule has 0 bridgehead atoms. The third-order valence-corrected chi connectivity index (χ3v) is 4.51. The maximum absolute atomic E-state index is 12.9. The fourth-order valence-corrected chi connectivity index (χ4v) is 3.30. The molecule has 3 heterocycles. The van der Waals surface area contributed by atoms with Gasteiger partial charge in [-0.05, 0) is 13.0 Å². The summed E-state index contributed by atoms with van der Waals surface area (Å²) in [5.74, 6) is 0.287. The van der Waals surface area contributed by atoms with Gasteiger partial charge in [-0.15, -0.1) is 11.3 Å². The third kappa shape index (κ3) is 2.82. The Kier molecular flexibility index (Phi) is 3.96. The Morgan fingerprint density at radius 2 is 2.08 bits per heavy atom. The fraction of sp³-hybridized carbons (Fsp3) is 0.357. The van der Waals surface area contributed by atoms with Crippen molar-refractivity contribution in [2.75, 3.05) is 0 Å². The van der Waals surface area contributed by atoms with Crippen molar-refractivity contribution in [2.24, 2.45) is 7.05 Å². The van der Waals surface area contributed by atoms with Gasteiger partial charge in [0.1, 0.15) is 10.7 Å². The Balaban J connectivity index is 2.06. The highest BCUT2D eigenvalue weighted by Gasteiger charge is 2.37. The molecule has 0 fully saturated rings. The first-order chi connectivity index (χ1) is 11.2. The molecule has 3 aromatic rings. The zero-order valence-electron chi connectivity index (χ0n) is 12.8. The van der Waals surface area contributed by atoms with Gasteiger partial charge in [-0.1, -0.05) is 0 Å². The minimum atomic E-state index is -4.66. The van der Waals surface area contributed by atoms with Crippen molar-refractivity contribution in [1.82, 2.24) is 19.3 Å². The predicted octanol–water partition coefficient (Wildman–Crippen LogP) is 2.06. The van der Waals surface area contributed by atoms with Gasteiger partial charge in [0.05, 0.1) is 18.5 Å². The van der Waals surface area contributed by atoms with E-state index in [0.29, 0.717) is 10.2 Å². The van der Waals surface area contributed by atoms with Gasteiger partial charge in [-0.3, -0.25) is 14.0 Å². The zero-order valence-corrected chi connectivity index (χ0v) is 13.6. The van der Waals surface area contributed by atoms with Gasteiger partial charge in [-0.25, -0.2) is 4.98 Å². The van der Waals surface area contributed by atoms with E-state index in [4.69, 9.17) is 5.11 Å². The van der Waals surface area contributed by atoms with E-state index in [9.17, 15) is 18.0 Å². The molecule has 0 aliphatic rings. The highest BCUT2D eigenvalue weighted by atomic mass is 32.1. The standard InChI is InChI=1S/C14H13F3N4O2S/c1-7-3-9-12(24-7)18-10(20(2)13(9)23)5-21-4-8(6-22)11(19-21)14(15,16)17/h3-4,22H,5-6H2,1-2H3. The fourth-order valence-electron chi connectivity index (χ4n) is 2.41. The molecule has 1 N–H and O–H groups in total. The molecule has 10 heteroatoms. The van der Waals surface area contributed by atoms with Crippen LogP contribution < -0.4 is 5.56 Å². The van der Waals surface area contributed by atoms with Crippen LogP contribution >= 0.6 is 11.3 Å². The molecular weight excluding hydrogens is 345 g/mol. The van der Waals surface area contributed by atoms with Crippen LogP contribution in [0.2, 0.25) is 0 Å². The van der Waals surface area contributed by atoms with Crippen molar-refractivity contribution in [3.05, 3.63) is 44.6 Å². The normalized spacial score (nSPS) is 12.2. The second kappa shape index (κ2) is 5.71. The maximum atomic E-state index is 12.9. The van der Waals surface area contributed by atoms with Crippen molar-refractivity contribution in [2.45, 2.75) is 26.3 Å². The van der Waals surface area contributed by atoms with Gasteiger partial charge in [0, 0.05) is 23.7 Å². The second-order valence-corrected chi connectivity index (χ2v) is 6.56. The van der Waals surface area contributed by atoms with Crippen molar-refractivity contribution in [3.63, 3.8) is 0 Å². The molecular formula is C14H13F3N4O2S. The molecule has 0 saturated carbocycles. The molecule has 24 heavy (non-hydrogen) atoms. The smallest absolute Gasteiger partial charge is 0.392 e. The van der Waals surface area contributed by atoms with E-state index >= 15 is 0 Å². The van der Waals surface area contributed by atoms with Gasteiger partial charge in [0.25, 0.3) is 5.56 Å². The molecule has 0 spiro atoms. The average molecular weight is 358 g/mol. The zero-order chi connectivity index (χ0) is 17.6. The summed E-state index contributed by atoms with van der Waals surface area (Å²) < 4.78 is 41.0. The second-order valence-electron chi connectivity index (χ2n) is 5.32. The lowest BCUT2D eigenvalue weighted by Crippen LogP contribution is -2.23. The summed E-state index contributed by atoms with van der Waals surface area (Å²) in [5, 5.41) is 13.0. The number of halogens is 3. The summed E-state index contributed by atoms with van der Waals surface area (Å²) in [5.41, 5.74) is -1.71. The summed E-state index contributed by atoms with van der Waals surface area (Å²) in [6, 6.07) is 1.73. The van der Waals surface area contributed by atoms with Crippen LogP contribution in [0.15, 0.2) is 17.1 Å². The number of aryl methyl sites for hydroxylation is 1. The van der Waals surface area contributed by atoms with E-state index in [1.165, 1.54) is 23.0 Å². The first-order valence-corrected chi connectivity index (χ1v) is 7.72. The average Bonchev–Trinajstić information content (AvgIpc) is 3.07. The van der Waals surface area contributed by atoms with Gasteiger partial charge in [0.15, 0.2) is 5.69 Å². The number of rotatable bonds is 3. The summed E-state index contributed by atoms with van der Waals surface area (Å²) in [6.07, 6.45) is -3.55. The first-order valence-electron chi connectivity index (χ1n) is 6.91. The third-order valence-electron chi connectivity index (χ3n) is 3.57. The molecule has 0 saturated heterocycles. The lowest BCUT2D eigenvalue weighted by atomic mass is 10.2. The van der Waals surface area contributed by atoms with Crippen LogP contribution in [0.4, 0.5) is 13.2 Å². The Hall–Kier alpha value is -2.20. The number of hydrogen-bond donors (Lipinski definition) is 1. The molecule has 0 unspecified atom stereocenters. The summed E-state index contributed by atoms with van der Waals surface area (Å²) >= 11 is 1.34. The quantitative estimate of drug-likeness (QED) is 0.778. The van der Waals surface area contributed by atoms with E-state index in [-0.39, 0.29) is 23.5 Å². The largest absolute Gasteiger partial charge is 0.435 e. The van der Waals surface area contributed by atoms with Gasteiger partial charge < -0.3 is 5.11 Å². The number of alkyl halides is 3. The Labute approximate surface area is 137 Å². The van der Waals surface area contributed by atoms with Crippen LogP contribution in [0.3, 0.4) is 0 Å². The molecule has 0 amide bonds. The van der Waals surface area contributed by atoms with Gasteiger partial charge in [-0.2, -0.15) is 18.3 Å². The Bertz CT molecular complexity index is 971. The van der Waals surface area contributed by atoms with E-state index < -0.39 is 18.5 Å². The first kappa shape index (κ1) is 16.7. The van der Waals surface area contributed by atoms with Gasteiger partial charge >= 0.3 is 6.18 Å². The lowest BCUT2D eigenvalue weighted by molar-refractivity contribution is -0.142. The SMILES string of the molecule is Cc1cc2c(=O)n(C)c(Cn3cc(CO)c(C(F)(F)F)n3)nc2s1. The van der Waals surface area contributed by atoms with Crippen molar-refractivity contribution in [1.29, 1.82) is 0 Å². The monoisotopic (exact) mass is 358 g/mol. The van der Waals surface area contributed by atoms with Crippen LogP contribution in [0, 0.1) is 6.92 Å². The molecule has 0 aliphatic carbocycles. The Morgan fingerprint density at radius 3 is 2.67 bits per heavy atom. The van der Waals surface area contributed by atoms with Crippen LogP contribution in [0.5, 0.6) is 0 Å². The number of aromatic nitrogens is 4. The van der Waals surface area contributed by atoms with E-state index in [1.807, 2.05) is 6.92 Å². The van der Waals surface area contributed by atoms with Crippen LogP contribution in [-0.4, -0.2) is 24.4 Å². The lowest BCUT2D eigenvalue weighted by Gasteiger charge is -2.07. The van der Waals surface area contributed by atoms with E-state index in [0.717, 1.165) is 15.8 Å². The summed E-state index contributed by atoms with van der Waals surface area (Å²) in [6.45, 7) is 0.966. The van der Waals surface area contributed by atoms with Crippen molar-refractivity contribution >= 4 is 21.6 Å². The molecule has 0 aromatic carbocycles. The molecule has 0 atom stereocenters. The summed E-state index contributed by atoms with van der Waals surface area (Å²) in [4.78, 5) is 18.1. The highest BCUT2D eigenvalue weighted by molar-refractivity contribution is 7.18. The minimum Gasteiger partial charge on any atom is -0.392 e. The number of aliphatic hydroxyl groups excluding tert-OH is 1. The predicted molar refractivity (Wildman–Crippen MR) is 81.9 cm³/mol. The maximum Gasteiger partial charge on any atom is 0.435 e. The summed E-state index contributed by atoms with van der Waals surface area (Å²) in [7, 11) is 1.51. The van der Waals surface area contributed by atoms with E-state index in [2.05, 4.69) is 10.1 Å². The molecule has 0 aliphatic heterocycles. The van der Waals surface area contributed by atoms with Crippen molar-refractivity contribution < 1.29 is 18.3 Å². The number of nitrogens with zero attached hydrogens (tertiary/aromatic N) is 4.